The van der Waals surface area contributed by atoms with Crippen molar-refractivity contribution in [1.29, 1.82) is 0 Å². The summed E-state index contributed by atoms with van der Waals surface area (Å²) in [5, 5.41) is 7.88. The second-order valence-electron chi connectivity index (χ2n) is 5.63. The van der Waals surface area contributed by atoms with Crippen molar-refractivity contribution in [1.82, 2.24) is 10.3 Å². The van der Waals surface area contributed by atoms with Crippen molar-refractivity contribution >= 4 is 17.5 Å². The minimum absolute atomic E-state index is 0.114. The molecule has 1 N–H and O–H groups in total. The van der Waals surface area contributed by atoms with Gasteiger partial charge >= 0.3 is 0 Å². The standard InChI is InChI=1S/C16H18FN3O4/c1-20-14(21)3-2-13(19-20)16(22)18-5-4-10-6-12(17)7-11-8-23-9-24-15(10)11/h6-7H,2-5,8-9H2,1H3,(H,18,22). The number of hydrogen-bond donors (Lipinski definition) is 1. The zero-order valence-corrected chi connectivity index (χ0v) is 13.3. The lowest BCUT2D eigenvalue weighted by Gasteiger charge is -2.21. The summed E-state index contributed by atoms with van der Waals surface area (Å²) in [7, 11) is 1.52. The van der Waals surface area contributed by atoms with Crippen LogP contribution in [0.3, 0.4) is 0 Å². The van der Waals surface area contributed by atoms with E-state index in [1.54, 1.807) is 0 Å². The Kier molecular flexibility index (Phi) is 4.75. The number of halogens is 1. The van der Waals surface area contributed by atoms with Crippen molar-refractivity contribution in [2.45, 2.75) is 25.9 Å². The average molecular weight is 335 g/mol. The molecule has 0 radical (unpaired) electrons. The summed E-state index contributed by atoms with van der Waals surface area (Å²) in [6.07, 6.45) is 1.02. The van der Waals surface area contributed by atoms with Crippen molar-refractivity contribution in [3.8, 4) is 5.75 Å². The van der Waals surface area contributed by atoms with Gasteiger partial charge in [-0.3, -0.25) is 9.59 Å². The Bertz CT molecular complexity index is 705. The predicted octanol–water partition coefficient (Wildman–Crippen LogP) is 0.959. The summed E-state index contributed by atoms with van der Waals surface area (Å²) in [5.74, 6) is -0.167. The van der Waals surface area contributed by atoms with Gasteiger partial charge < -0.3 is 14.8 Å². The normalized spacial score (nSPS) is 17.0. The van der Waals surface area contributed by atoms with Gasteiger partial charge in [0.25, 0.3) is 5.91 Å². The number of rotatable bonds is 4. The van der Waals surface area contributed by atoms with Gasteiger partial charge in [-0.25, -0.2) is 9.40 Å². The van der Waals surface area contributed by atoms with Crippen molar-refractivity contribution in [3.05, 3.63) is 29.1 Å². The van der Waals surface area contributed by atoms with E-state index in [2.05, 4.69) is 10.4 Å². The topological polar surface area (TPSA) is 80.2 Å². The number of carbonyl (C=O) groups is 2. The second-order valence-corrected chi connectivity index (χ2v) is 5.63. The summed E-state index contributed by atoms with van der Waals surface area (Å²) in [6, 6.07) is 2.79. The van der Waals surface area contributed by atoms with E-state index in [9.17, 15) is 14.0 Å². The molecule has 128 valence electrons. The first kappa shape index (κ1) is 16.4. The molecule has 0 atom stereocenters. The molecule has 24 heavy (non-hydrogen) atoms. The van der Waals surface area contributed by atoms with Gasteiger partial charge in [-0.15, -0.1) is 0 Å². The minimum Gasteiger partial charge on any atom is -0.467 e. The fraction of sp³-hybridized carbons (Fsp3) is 0.438. The molecule has 2 amide bonds. The maximum atomic E-state index is 13.7. The molecule has 3 rings (SSSR count). The summed E-state index contributed by atoms with van der Waals surface area (Å²) < 4.78 is 24.2. The summed E-state index contributed by atoms with van der Waals surface area (Å²) >= 11 is 0. The molecule has 8 heteroatoms. The minimum atomic E-state index is -0.360. The Morgan fingerprint density at radius 2 is 2.25 bits per heavy atom. The fourth-order valence-electron chi connectivity index (χ4n) is 2.69. The van der Waals surface area contributed by atoms with Crippen molar-refractivity contribution < 1.29 is 23.5 Å². The third-order valence-corrected chi connectivity index (χ3v) is 3.90. The van der Waals surface area contributed by atoms with Crippen molar-refractivity contribution in [3.63, 3.8) is 0 Å². The Balaban J connectivity index is 1.61. The molecule has 2 aliphatic heterocycles. The molecule has 0 aromatic heterocycles. The van der Waals surface area contributed by atoms with Gasteiger partial charge in [0.15, 0.2) is 6.79 Å². The quantitative estimate of drug-likeness (QED) is 0.889. The number of fused-ring (bicyclic) bond motifs is 1. The van der Waals surface area contributed by atoms with E-state index >= 15 is 0 Å². The van der Waals surface area contributed by atoms with Crippen LogP contribution in [-0.2, 0) is 27.4 Å². The Hall–Kier alpha value is -2.48. The second kappa shape index (κ2) is 6.96. The van der Waals surface area contributed by atoms with Crippen LogP contribution in [0.1, 0.15) is 24.0 Å². The average Bonchev–Trinajstić information content (AvgIpc) is 2.57. The van der Waals surface area contributed by atoms with E-state index < -0.39 is 0 Å². The van der Waals surface area contributed by atoms with Crippen LogP contribution < -0.4 is 10.1 Å². The molecule has 0 saturated carbocycles. The summed E-state index contributed by atoms with van der Waals surface area (Å²) in [6.45, 7) is 0.758. The molecule has 0 spiro atoms. The maximum Gasteiger partial charge on any atom is 0.267 e. The van der Waals surface area contributed by atoms with E-state index in [0.29, 0.717) is 48.6 Å². The third-order valence-electron chi connectivity index (χ3n) is 3.90. The number of amides is 2. The van der Waals surface area contributed by atoms with E-state index in [0.717, 1.165) is 0 Å². The lowest BCUT2D eigenvalue weighted by atomic mass is 10.1. The van der Waals surface area contributed by atoms with Crippen LogP contribution in [0.5, 0.6) is 5.75 Å². The number of benzene rings is 1. The zero-order chi connectivity index (χ0) is 17.1. The van der Waals surface area contributed by atoms with E-state index in [-0.39, 0.29) is 30.8 Å². The lowest BCUT2D eigenvalue weighted by Crippen LogP contribution is -2.38. The molecule has 1 aromatic carbocycles. The number of hydrazone groups is 1. The molecule has 0 aliphatic carbocycles. The maximum absolute atomic E-state index is 13.7. The van der Waals surface area contributed by atoms with Crippen LogP contribution in [-0.4, -0.2) is 42.9 Å². The molecule has 0 fully saturated rings. The Morgan fingerprint density at radius 3 is 3.04 bits per heavy atom. The molecule has 7 nitrogen and oxygen atoms in total. The van der Waals surface area contributed by atoms with Gasteiger partial charge in [-0.1, -0.05) is 0 Å². The summed E-state index contributed by atoms with van der Waals surface area (Å²) in [5.41, 5.74) is 1.67. The van der Waals surface area contributed by atoms with Gasteiger partial charge in [0, 0.05) is 32.0 Å². The fourth-order valence-corrected chi connectivity index (χ4v) is 2.69. The Morgan fingerprint density at radius 1 is 1.42 bits per heavy atom. The number of hydrogen-bond acceptors (Lipinski definition) is 5. The monoisotopic (exact) mass is 335 g/mol. The molecule has 0 unspecified atom stereocenters. The van der Waals surface area contributed by atoms with Crippen LogP contribution >= 0.6 is 0 Å². The number of carbonyl (C=O) groups excluding carboxylic acids is 2. The van der Waals surface area contributed by atoms with Gasteiger partial charge in [0.1, 0.15) is 17.3 Å². The molecule has 2 aliphatic rings. The SMILES string of the molecule is CN1N=C(C(=O)NCCc2cc(F)cc3c2OCOC3)CCC1=O. The highest BCUT2D eigenvalue weighted by atomic mass is 19.1. The third kappa shape index (κ3) is 3.53. The highest BCUT2D eigenvalue weighted by Crippen LogP contribution is 2.29. The summed E-state index contributed by atoms with van der Waals surface area (Å²) in [4.78, 5) is 23.4. The van der Waals surface area contributed by atoms with Gasteiger partial charge in [-0.05, 0) is 24.1 Å². The van der Waals surface area contributed by atoms with Crippen molar-refractivity contribution in [2.75, 3.05) is 20.4 Å². The zero-order valence-electron chi connectivity index (χ0n) is 13.3. The van der Waals surface area contributed by atoms with Crippen LogP contribution in [0, 0.1) is 5.82 Å². The largest absolute Gasteiger partial charge is 0.467 e. The van der Waals surface area contributed by atoms with Crippen LogP contribution in [0.4, 0.5) is 4.39 Å². The predicted molar refractivity (Wildman–Crippen MR) is 82.8 cm³/mol. The molecule has 1 aromatic rings. The smallest absolute Gasteiger partial charge is 0.267 e. The number of nitrogens with zero attached hydrogens (tertiary/aromatic N) is 2. The van der Waals surface area contributed by atoms with Gasteiger partial charge in [0.05, 0.1) is 6.61 Å². The van der Waals surface area contributed by atoms with Crippen LogP contribution in [0.15, 0.2) is 17.2 Å². The highest BCUT2D eigenvalue weighted by molar-refractivity contribution is 6.39. The highest BCUT2D eigenvalue weighted by Gasteiger charge is 2.22. The molecule has 0 bridgehead atoms. The van der Waals surface area contributed by atoms with E-state index in [1.807, 2.05) is 0 Å². The molecular weight excluding hydrogens is 317 g/mol. The van der Waals surface area contributed by atoms with Gasteiger partial charge in [0.2, 0.25) is 5.91 Å². The van der Waals surface area contributed by atoms with Crippen LogP contribution in [0.25, 0.3) is 0 Å². The molecular formula is C16H18FN3O4. The first-order valence-electron chi connectivity index (χ1n) is 7.68. The van der Waals surface area contributed by atoms with E-state index in [4.69, 9.17) is 9.47 Å². The van der Waals surface area contributed by atoms with Crippen molar-refractivity contribution in [2.24, 2.45) is 5.10 Å². The Labute approximate surface area is 138 Å². The van der Waals surface area contributed by atoms with Crippen LogP contribution in [0.2, 0.25) is 0 Å². The lowest BCUT2D eigenvalue weighted by molar-refractivity contribution is -0.130. The number of nitrogens with one attached hydrogen (secondary N) is 1. The molecule has 0 saturated heterocycles. The van der Waals surface area contributed by atoms with E-state index in [1.165, 1.54) is 24.2 Å². The first-order chi connectivity index (χ1) is 11.5. The number of ether oxygens (including phenoxy) is 2. The molecule has 2 heterocycles. The van der Waals surface area contributed by atoms with Gasteiger partial charge in [-0.2, -0.15) is 5.10 Å². The first-order valence-corrected chi connectivity index (χ1v) is 7.68.